The smallest absolute Gasteiger partial charge is 0.241 e. The third-order valence-corrected chi connectivity index (χ3v) is 17.6. The number of rotatable bonds is 6. The summed E-state index contributed by atoms with van der Waals surface area (Å²) in [6.45, 7) is 0. The van der Waals surface area contributed by atoms with Crippen LogP contribution in [0, 0.1) is 0 Å². The number of furan rings is 1. The summed E-state index contributed by atoms with van der Waals surface area (Å²) < 4.78 is 11.3. The van der Waals surface area contributed by atoms with E-state index >= 15 is 0 Å². The molecule has 2 aliphatic heterocycles. The molecule has 0 saturated carbocycles. The molecule has 6 heterocycles. The lowest BCUT2D eigenvalue weighted by molar-refractivity contribution is 0.671. The second-order valence-corrected chi connectivity index (χ2v) is 20.1. The Morgan fingerprint density at radius 2 is 1.17 bits per heavy atom. The number of anilines is 3. The summed E-state index contributed by atoms with van der Waals surface area (Å²) in [6, 6.07) is 61.4. The zero-order chi connectivity index (χ0) is 41.9. The molecule has 11 aromatic rings. The Hall–Kier alpha value is -8.41. The largest absolute Gasteiger partial charge is 0.456 e. The highest BCUT2D eigenvalue weighted by molar-refractivity contribution is 7.20. The molecule has 3 aliphatic rings. The van der Waals surface area contributed by atoms with Gasteiger partial charge in [0.25, 0.3) is 0 Å². The van der Waals surface area contributed by atoms with Crippen LogP contribution in [-0.2, 0) is 0 Å². The van der Waals surface area contributed by atoms with Crippen molar-refractivity contribution in [2.45, 2.75) is 12.1 Å². The summed E-state index contributed by atoms with van der Waals surface area (Å²) in [6.07, 6.45) is 8.59. The lowest BCUT2D eigenvalue weighted by atomic mass is 10.0. The fraction of sp³-hybridized carbons (Fsp3) is 0.0377. The maximum absolute atomic E-state index is 6.99. The van der Waals surface area contributed by atoms with Crippen molar-refractivity contribution in [3.05, 3.63) is 200 Å². The highest BCUT2D eigenvalue weighted by atomic mass is 28.3. The topological polar surface area (TPSA) is 92.9 Å². The van der Waals surface area contributed by atoms with E-state index in [0.29, 0.717) is 23.1 Å². The fourth-order valence-corrected chi connectivity index (χ4v) is 14.9. The number of guanidine groups is 1. The summed E-state index contributed by atoms with van der Waals surface area (Å²) in [5.74, 6) is 2.40. The molecule has 0 fully saturated rings. The van der Waals surface area contributed by atoms with E-state index in [4.69, 9.17) is 29.3 Å². The Morgan fingerprint density at radius 3 is 2.00 bits per heavy atom. The monoisotopic (exact) mass is 841 g/mol. The van der Waals surface area contributed by atoms with E-state index in [0.717, 1.165) is 76.9 Å². The van der Waals surface area contributed by atoms with E-state index in [-0.39, 0.29) is 12.1 Å². The Labute approximate surface area is 367 Å². The molecular weight excluding hydrogens is 807 g/mol. The highest BCUT2D eigenvalue weighted by Crippen LogP contribution is 2.46. The van der Waals surface area contributed by atoms with Gasteiger partial charge in [0.1, 0.15) is 16.6 Å². The van der Waals surface area contributed by atoms with Crippen LogP contribution >= 0.6 is 0 Å². The zero-order valence-corrected chi connectivity index (χ0v) is 35.1. The summed E-state index contributed by atoms with van der Waals surface area (Å²) in [4.78, 5) is 32.3. The van der Waals surface area contributed by atoms with Gasteiger partial charge in [0.15, 0.2) is 0 Å². The standard InChI is InChI=1S/C53H35N9OSi/c1-3-18-34(19-4-1)64(35-20-5-2-6-21-35,47-33-17-23-37-36-22-7-16-32-46(36)63-48(37)47)51-57-49(61-44-30-14-12-28-42(44)59-40-26-10-8-24-38(40)54-52(59)61)56-50(58-51)62-45-31-15-13-29-43(45)60-41-27-11-9-25-39(41)55-53(60)62/h1-33,38,40H. The molecule has 0 bridgehead atoms. The van der Waals surface area contributed by atoms with Gasteiger partial charge in [0, 0.05) is 16.0 Å². The molecule has 302 valence electrons. The molecule has 0 saturated heterocycles. The third kappa shape index (κ3) is 4.75. The van der Waals surface area contributed by atoms with Crippen LogP contribution in [0.1, 0.15) is 0 Å². The molecule has 11 heteroatoms. The molecule has 0 radical (unpaired) electrons. The number of hydrogen-bond donors (Lipinski definition) is 0. The molecule has 14 rings (SSSR count). The average molecular weight is 842 g/mol. The van der Waals surface area contributed by atoms with Crippen LogP contribution in [0.15, 0.2) is 210 Å². The summed E-state index contributed by atoms with van der Waals surface area (Å²) in [7, 11) is -3.58. The number of para-hydroxylation sites is 8. The van der Waals surface area contributed by atoms with E-state index in [9.17, 15) is 0 Å². The van der Waals surface area contributed by atoms with E-state index in [1.165, 1.54) is 0 Å². The van der Waals surface area contributed by atoms with Crippen LogP contribution in [0.3, 0.4) is 0 Å². The van der Waals surface area contributed by atoms with E-state index in [1.54, 1.807) is 0 Å². The molecule has 4 aromatic heterocycles. The van der Waals surface area contributed by atoms with Crippen molar-refractivity contribution in [3.8, 4) is 5.95 Å². The van der Waals surface area contributed by atoms with Gasteiger partial charge in [-0.3, -0.25) is 4.40 Å². The minimum atomic E-state index is -3.58. The molecule has 10 nitrogen and oxygen atoms in total. The van der Waals surface area contributed by atoms with Gasteiger partial charge in [-0.05, 0) is 52.8 Å². The molecule has 0 N–H and O–H groups in total. The molecule has 1 aliphatic carbocycles. The van der Waals surface area contributed by atoms with Gasteiger partial charge in [-0.25, -0.2) is 29.4 Å². The van der Waals surface area contributed by atoms with Crippen LogP contribution < -0.4 is 30.8 Å². The number of benzene rings is 7. The van der Waals surface area contributed by atoms with Crippen molar-refractivity contribution < 1.29 is 4.42 Å². The number of imidazole rings is 2. The van der Waals surface area contributed by atoms with Crippen LogP contribution in [0.2, 0.25) is 0 Å². The summed E-state index contributed by atoms with van der Waals surface area (Å²) in [5.41, 5.74) is 8.11. The number of hydrogen-bond acceptors (Lipinski definition) is 8. The van der Waals surface area contributed by atoms with Crippen LogP contribution in [0.4, 0.5) is 17.3 Å². The number of allylic oxidation sites excluding steroid dienone is 2. The van der Waals surface area contributed by atoms with Gasteiger partial charge < -0.3 is 9.32 Å². The number of fused-ring (bicyclic) bond motifs is 13. The van der Waals surface area contributed by atoms with Gasteiger partial charge >= 0.3 is 0 Å². The molecule has 0 spiro atoms. The molecular formula is C53H35N9OSi. The predicted octanol–water partition coefficient (Wildman–Crippen LogP) is 8.08. The van der Waals surface area contributed by atoms with Gasteiger partial charge in [-0.1, -0.05) is 158 Å². The number of nitrogens with zero attached hydrogens (tertiary/aromatic N) is 9. The summed E-state index contributed by atoms with van der Waals surface area (Å²) in [5, 5.41) is 5.36. The van der Waals surface area contributed by atoms with Crippen molar-refractivity contribution in [3.63, 3.8) is 0 Å². The second-order valence-electron chi connectivity index (χ2n) is 16.5. The van der Waals surface area contributed by atoms with Crippen molar-refractivity contribution in [1.29, 1.82) is 0 Å². The van der Waals surface area contributed by atoms with Gasteiger partial charge in [0.2, 0.25) is 31.7 Å². The second kappa shape index (κ2) is 13.3. The summed E-state index contributed by atoms with van der Waals surface area (Å²) >= 11 is 0. The van der Waals surface area contributed by atoms with E-state index < -0.39 is 8.07 Å². The Balaban J connectivity index is 1.15. The van der Waals surface area contributed by atoms with Gasteiger partial charge in [-0.2, -0.15) is 4.98 Å². The normalized spacial score (nSPS) is 16.7. The lowest BCUT2D eigenvalue weighted by Gasteiger charge is -2.32. The van der Waals surface area contributed by atoms with E-state index in [2.05, 4.69) is 201 Å². The van der Waals surface area contributed by atoms with Crippen molar-refractivity contribution in [2.24, 2.45) is 4.99 Å². The highest BCUT2D eigenvalue weighted by Gasteiger charge is 2.50. The minimum Gasteiger partial charge on any atom is -0.456 e. The first-order valence-electron chi connectivity index (χ1n) is 21.5. The van der Waals surface area contributed by atoms with Crippen molar-refractivity contribution in [1.82, 2.24) is 28.9 Å². The molecule has 2 atom stereocenters. The Bertz CT molecular complexity index is 3750. The zero-order valence-electron chi connectivity index (χ0n) is 34.1. The van der Waals surface area contributed by atoms with Crippen molar-refractivity contribution >= 4 is 102 Å². The SMILES string of the molecule is C1=CC2N=C3N(c4nc(-n5c6ccccc6n6c7ccccc7nc56)nc([Si](c5ccccc5)(c5ccccc5)c5cccc6c5oc5ccccc56)n4)c4ccccc4N3C2C=C1. The molecule has 0 amide bonds. The predicted molar refractivity (Wildman–Crippen MR) is 258 cm³/mol. The maximum atomic E-state index is 6.99. The molecule has 7 aromatic carbocycles. The van der Waals surface area contributed by atoms with E-state index in [1.807, 2.05) is 18.2 Å². The molecule has 2 unspecified atom stereocenters. The van der Waals surface area contributed by atoms with Crippen LogP contribution in [0.25, 0.3) is 55.7 Å². The average Bonchev–Trinajstić information content (AvgIpc) is 4.16. The first-order valence-corrected chi connectivity index (χ1v) is 23.5. The first-order chi connectivity index (χ1) is 31.8. The van der Waals surface area contributed by atoms with Gasteiger partial charge in [-0.15, -0.1) is 0 Å². The fourth-order valence-electron chi connectivity index (χ4n) is 10.4. The quantitative estimate of drug-likeness (QED) is 0.124. The Morgan fingerprint density at radius 1 is 0.516 bits per heavy atom. The third-order valence-electron chi connectivity index (χ3n) is 13.1. The lowest BCUT2D eigenvalue weighted by Crippen LogP contribution is -2.76. The van der Waals surface area contributed by atoms with Crippen molar-refractivity contribution in [2.75, 3.05) is 9.80 Å². The molecule has 64 heavy (non-hydrogen) atoms. The van der Waals surface area contributed by atoms with Crippen LogP contribution in [-0.4, -0.2) is 55.0 Å². The Kier molecular flexibility index (Phi) is 7.31. The van der Waals surface area contributed by atoms with Gasteiger partial charge in [0.05, 0.1) is 45.5 Å². The minimum absolute atomic E-state index is 0.0186. The number of aliphatic imine (C=N–C) groups is 1. The first kappa shape index (κ1) is 35.2. The number of aromatic nitrogens is 6. The maximum Gasteiger partial charge on any atom is 0.241 e. The van der Waals surface area contributed by atoms with Crippen LogP contribution in [0.5, 0.6) is 0 Å².